The van der Waals surface area contributed by atoms with Gasteiger partial charge in [0.05, 0.1) is 0 Å². The zero-order valence-electron chi connectivity index (χ0n) is 11.0. The molecule has 0 saturated heterocycles. The fraction of sp³-hybridized carbons (Fsp3) is 0.312. The first-order chi connectivity index (χ1) is 8.54. The van der Waals surface area contributed by atoms with Crippen LogP contribution in [0.3, 0.4) is 0 Å². The maximum Gasteiger partial charge on any atom is 0.168 e. The molecule has 0 saturated carbocycles. The van der Waals surface area contributed by atoms with Crippen LogP contribution < -0.4 is 5.73 Å². The molecule has 0 spiro atoms. The minimum absolute atomic E-state index is 0.0163. The molecule has 2 nitrogen and oxygen atoms in total. The van der Waals surface area contributed by atoms with Crippen LogP contribution in [0, 0.1) is 19.8 Å². The lowest BCUT2D eigenvalue weighted by Gasteiger charge is -2.09. The first-order valence-corrected chi connectivity index (χ1v) is 6.26. The Morgan fingerprint density at radius 3 is 2.83 bits per heavy atom. The van der Waals surface area contributed by atoms with Crippen LogP contribution >= 0.6 is 0 Å². The van der Waals surface area contributed by atoms with E-state index < -0.39 is 0 Å². The van der Waals surface area contributed by atoms with Crippen molar-refractivity contribution < 1.29 is 4.79 Å². The second kappa shape index (κ2) is 4.81. The number of carbonyl (C=O) groups excluding carboxylic acids is 1. The molecule has 1 aliphatic carbocycles. The van der Waals surface area contributed by atoms with Gasteiger partial charge in [0, 0.05) is 17.2 Å². The van der Waals surface area contributed by atoms with Crippen LogP contribution in [0.2, 0.25) is 0 Å². The Kier molecular flexibility index (Phi) is 3.37. The van der Waals surface area contributed by atoms with Crippen LogP contribution in [0.5, 0.6) is 0 Å². The van der Waals surface area contributed by atoms with Crippen LogP contribution in [-0.4, -0.2) is 5.78 Å². The number of carbonyl (C=O) groups is 1. The summed E-state index contributed by atoms with van der Waals surface area (Å²) >= 11 is 0. The van der Waals surface area contributed by atoms with Gasteiger partial charge in [-0.15, -0.1) is 6.58 Å². The molecule has 1 aromatic rings. The van der Waals surface area contributed by atoms with Crippen molar-refractivity contribution >= 4 is 11.4 Å². The second-order valence-corrected chi connectivity index (χ2v) is 5.01. The van der Waals surface area contributed by atoms with Gasteiger partial charge in [-0.2, -0.15) is 0 Å². The summed E-state index contributed by atoms with van der Waals surface area (Å²) in [4.78, 5) is 12.4. The van der Waals surface area contributed by atoms with Gasteiger partial charge >= 0.3 is 0 Å². The number of ketones is 1. The molecule has 0 heterocycles. The van der Waals surface area contributed by atoms with E-state index in [9.17, 15) is 4.79 Å². The van der Waals surface area contributed by atoms with E-state index in [-0.39, 0.29) is 11.7 Å². The number of allylic oxidation sites excluding steroid dienone is 3. The minimum Gasteiger partial charge on any atom is -0.401 e. The smallest absolute Gasteiger partial charge is 0.168 e. The topological polar surface area (TPSA) is 43.1 Å². The number of benzene rings is 1. The van der Waals surface area contributed by atoms with Crippen LogP contribution in [0.1, 0.15) is 29.5 Å². The summed E-state index contributed by atoms with van der Waals surface area (Å²) in [5.41, 5.74) is 10.8. The average Bonchev–Trinajstić information content (AvgIpc) is 2.59. The highest BCUT2D eigenvalue weighted by Crippen LogP contribution is 2.35. The summed E-state index contributed by atoms with van der Waals surface area (Å²) < 4.78 is 0. The molecule has 2 N–H and O–H groups in total. The van der Waals surface area contributed by atoms with Crippen molar-refractivity contribution in [2.24, 2.45) is 11.7 Å². The number of hydrogen-bond donors (Lipinski definition) is 1. The van der Waals surface area contributed by atoms with Crippen molar-refractivity contribution in [3.63, 3.8) is 0 Å². The normalized spacial score (nSPS) is 19.4. The third-order valence-corrected chi connectivity index (χ3v) is 3.52. The van der Waals surface area contributed by atoms with Crippen molar-refractivity contribution in [1.82, 2.24) is 0 Å². The molecule has 0 bridgehead atoms. The van der Waals surface area contributed by atoms with E-state index in [2.05, 4.69) is 12.6 Å². The third kappa shape index (κ3) is 2.10. The maximum absolute atomic E-state index is 12.4. The third-order valence-electron chi connectivity index (χ3n) is 3.52. The quantitative estimate of drug-likeness (QED) is 0.826. The zero-order valence-corrected chi connectivity index (χ0v) is 11.0. The van der Waals surface area contributed by atoms with Crippen molar-refractivity contribution in [2.45, 2.75) is 26.7 Å². The number of Topliss-reactive ketones (excluding diaryl/α,β-unsaturated/α-hetero) is 1. The largest absolute Gasteiger partial charge is 0.401 e. The molecule has 0 amide bonds. The Hall–Kier alpha value is -1.83. The van der Waals surface area contributed by atoms with Gasteiger partial charge < -0.3 is 5.73 Å². The minimum atomic E-state index is -0.0163. The molecule has 0 aliphatic heterocycles. The van der Waals surface area contributed by atoms with E-state index in [1.165, 1.54) is 0 Å². The first-order valence-electron chi connectivity index (χ1n) is 6.26. The molecule has 2 rings (SSSR count). The van der Waals surface area contributed by atoms with E-state index >= 15 is 0 Å². The van der Waals surface area contributed by atoms with Gasteiger partial charge in [-0.25, -0.2) is 0 Å². The molecule has 0 radical (unpaired) electrons. The fourth-order valence-corrected chi connectivity index (χ4v) is 2.53. The number of rotatable bonds is 3. The highest BCUT2D eigenvalue weighted by molar-refractivity contribution is 6.25. The van der Waals surface area contributed by atoms with Gasteiger partial charge in [0.15, 0.2) is 5.78 Å². The molecule has 1 aromatic carbocycles. The Bertz CT molecular complexity index is 540. The van der Waals surface area contributed by atoms with E-state index in [4.69, 9.17) is 5.73 Å². The van der Waals surface area contributed by atoms with Crippen molar-refractivity contribution in [2.75, 3.05) is 0 Å². The standard InChI is InChI=1S/C16H19NO/c1-4-5-12-9-14(17)15(16(12)18)13-8-10(2)6-7-11(13)3/h4,6-8,12H,1,5,9,17H2,2-3H3. The van der Waals surface area contributed by atoms with Gasteiger partial charge in [-0.3, -0.25) is 4.79 Å². The van der Waals surface area contributed by atoms with E-state index in [1.54, 1.807) is 6.08 Å². The number of nitrogens with two attached hydrogens (primary N) is 1. The first kappa shape index (κ1) is 12.6. The zero-order chi connectivity index (χ0) is 13.3. The molecule has 2 heteroatoms. The summed E-state index contributed by atoms with van der Waals surface area (Å²) in [5.74, 6) is 0.151. The molecular weight excluding hydrogens is 222 g/mol. The van der Waals surface area contributed by atoms with E-state index in [0.717, 1.165) is 28.0 Å². The van der Waals surface area contributed by atoms with Gasteiger partial charge in [0.1, 0.15) is 0 Å². The highest BCUT2D eigenvalue weighted by atomic mass is 16.1. The molecule has 1 atom stereocenters. The van der Waals surface area contributed by atoms with Crippen LogP contribution in [-0.2, 0) is 4.79 Å². The Morgan fingerprint density at radius 2 is 2.17 bits per heavy atom. The lowest BCUT2D eigenvalue weighted by atomic mass is 9.93. The summed E-state index contributed by atoms with van der Waals surface area (Å²) in [7, 11) is 0. The highest BCUT2D eigenvalue weighted by Gasteiger charge is 2.32. The Morgan fingerprint density at radius 1 is 1.44 bits per heavy atom. The number of hydrogen-bond acceptors (Lipinski definition) is 2. The predicted molar refractivity (Wildman–Crippen MR) is 75.0 cm³/mol. The van der Waals surface area contributed by atoms with Crippen LogP contribution in [0.4, 0.5) is 0 Å². The Balaban J connectivity index is 2.44. The van der Waals surface area contributed by atoms with Crippen LogP contribution in [0.15, 0.2) is 36.6 Å². The molecule has 94 valence electrons. The molecule has 1 aliphatic rings. The second-order valence-electron chi connectivity index (χ2n) is 5.01. The maximum atomic E-state index is 12.4. The summed E-state index contributed by atoms with van der Waals surface area (Å²) in [5, 5.41) is 0. The molecule has 0 aromatic heterocycles. The van der Waals surface area contributed by atoms with Gasteiger partial charge in [-0.05, 0) is 37.8 Å². The summed E-state index contributed by atoms with van der Waals surface area (Å²) in [6.07, 6.45) is 3.16. The molecule has 18 heavy (non-hydrogen) atoms. The Labute approximate surface area is 108 Å². The van der Waals surface area contributed by atoms with Gasteiger partial charge in [0.25, 0.3) is 0 Å². The van der Waals surface area contributed by atoms with E-state index in [0.29, 0.717) is 12.8 Å². The van der Waals surface area contributed by atoms with Crippen molar-refractivity contribution in [1.29, 1.82) is 0 Å². The SMILES string of the molecule is C=CCC1CC(N)=C(c2cc(C)ccc2C)C1=O. The monoisotopic (exact) mass is 241 g/mol. The van der Waals surface area contributed by atoms with E-state index in [1.807, 2.05) is 26.0 Å². The molecule has 0 fully saturated rings. The van der Waals surface area contributed by atoms with Crippen LogP contribution in [0.25, 0.3) is 5.57 Å². The fourth-order valence-electron chi connectivity index (χ4n) is 2.53. The lowest BCUT2D eigenvalue weighted by molar-refractivity contribution is -0.116. The lowest BCUT2D eigenvalue weighted by Crippen LogP contribution is -2.09. The van der Waals surface area contributed by atoms with Gasteiger partial charge in [0.2, 0.25) is 0 Å². The van der Waals surface area contributed by atoms with Gasteiger partial charge in [-0.1, -0.05) is 29.8 Å². The predicted octanol–water partition coefficient (Wildman–Crippen LogP) is 3.14. The number of aryl methyl sites for hydroxylation is 2. The average molecular weight is 241 g/mol. The molecule has 1 unspecified atom stereocenters. The molecular formula is C16H19NO. The summed E-state index contributed by atoms with van der Waals surface area (Å²) in [6, 6.07) is 6.14. The van der Waals surface area contributed by atoms with Crippen molar-refractivity contribution in [3.8, 4) is 0 Å². The van der Waals surface area contributed by atoms with Crippen molar-refractivity contribution in [3.05, 3.63) is 53.2 Å². The summed E-state index contributed by atoms with van der Waals surface area (Å²) in [6.45, 7) is 7.75.